The fourth-order valence-corrected chi connectivity index (χ4v) is 2.37. The average molecular weight is 280 g/mol. The Morgan fingerprint density at radius 1 is 1.47 bits per heavy atom. The van der Waals surface area contributed by atoms with E-state index in [0.29, 0.717) is 23.4 Å². The van der Waals surface area contributed by atoms with E-state index >= 15 is 0 Å². The molecule has 1 unspecified atom stereocenters. The molecule has 1 aromatic rings. The lowest BCUT2D eigenvalue weighted by Crippen LogP contribution is -2.14. The molecule has 1 aromatic carbocycles. The van der Waals surface area contributed by atoms with Crippen molar-refractivity contribution in [1.82, 2.24) is 0 Å². The molecule has 0 heterocycles. The van der Waals surface area contributed by atoms with Crippen molar-refractivity contribution in [2.24, 2.45) is 5.73 Å². The summed E-state index contributed by atoms with van der Waals surface area (Å²) < 4.78 is 35.3. The Labute approximate surface area is 106 Å². The summed E-state index contributed by atoms with van der Waals surface area (Å²) in [6.45, 7) is 0. The van der Waals surface area contributed by atoms with Crippen LogP contribution in [0.2, 0.25) is 5.02 Å². The first kappa shape index (κ1) is 14.4. The minimum Gasteiger partial charge on any atom is -0.324 e. The van der Waals surface area contributed by atoms with E-state index in [1.54, 1.807) is 6.07 Å². The average Bonchev–Trinajstić information content (AvgIpc) is 2.15. The molecule has 0 spiro atoms. The molecule has 1 rings (SSSR count). The molecule has 0 aliphatic carbocycles. The predicted octanol–water partition coefficient (Wildman–Crippen LogP) is 2.30. The molecule has 96 valence electrons. The summed E-state index contributed by atoms with van der Waals surface area (Å²) in [5.74, 6) is -0.389. The molecule has 17 heavy (non-hydrogen) atoms. The molecule has 1 atom stereocenters. The van der Waals surface area contributed by atoms with E-state index in [9.17, 15) is 12.8 Å². The maximum atomic E-state index is 13.5. The van der Waals surface area contributed by atoms with Crippen LogP contribution < -0.4 is 5.73 Å². The molecule has 0 aliphatic rings. The first-order valence-corrected chi connectivity index (χ1v) is 7.61. The third-order valence-electron chi connectivity index (χ3n) is 2.39. The van der Waals surface area contributed by atoms with Gasteiger partial charge in [0.1, 0.15) is 15.7 Å². The van der Waals surface area contributed by atoms with Crippen molar-refractivity contribution >= 4 is 21.4 Å². The number of sulfone groups is 1. The van der Waals surface area contributed by atoms with Gasteiger partial charge in [0.05, 0.1) is 0 Å². The molecule has 0 amide bonds. The Morgan fingerprint density at radius 2 is 2.12 bits per heavy atom. The molecule has 0 saturated heterocycles. The molecule has 0 bridgehead atoms. The second-order valence-electron chi connectivity index (χ2n) is 4.04. The van der Waals surface area contributed by atoms with Gasteiger partial charge in [-0.2, -0.15) is 0 Å². The summed E-state index contributed by atoms with van der Waals surface area (Å²) in [7, 11) is -2.99. The van der Waals surface area contributed by atoms with E-state index in [1.807, 2.05) is 0 Å². The van der Waals surface area contributed by atoms with E-state index in [1.165, 1.54) is 18.4 Å². The van der Waals surface area contributed by atoms with E-state index in [2.05, 4.69) is 0 Å². The van der Waals surface area contributed by atoms with E-state index in [4.69, 9.17) is 17.3 Å². The number of rotatable bonds is 5. The van der Waals surface area contributed by atoms with E-state index in [-0.39, 0.29) is 5.75 Å². The zero-order valence-electron chi connectivity index (χ0n) is 9.49. The molecule has 2 N–H and O–H groups in total. The predicted molar refractivity (Wildman–Crippen MR) is 67.3 cm³/mol. The van der Waals surface area contributed by atoms with Gasteiger partial charge in [0.2, 0.25) is 0 Å². The fraction of sp³-hybridized carbons (Fsp3) is 0.455. The number of halogens is 2. The zero-order chi connectivity index (χ0) is 13.1. The van der Waals surface area contributed by atoms with Gasteiger partial charge in [0, 0.05) is 28.6 Å². The van der Waals surface area contributed by atoms with Crippen LogP contribution in [0.3, 0.4) is 0 Å². The van der Waals surface area contributed by atoms with Crippen molar-refractivity contribution in [3.8, 4) is 0 Å². The van der Waals surface area contributed by atoms with Gasteiger partial charge in [-0.3, -0.25) is 0 Å². The molecule has 0 fully saturated rings. The third kappa shape index (κ3) is 5.02. The lowest BCUT2D eigenvalue weighted by atomic mass is 10.0. The van der Waals surface area contributed by atoms with Crippen LogP contribution in [0.4, 0.5) is 4.39 Å². The van der Waals surface area contributed by atoms with Crippen molar-refractivity contribution in [3.05, 3.63) is 34.6 Å². The second-order valence-corrected chi connectivity index (χ2v) is 6.74. The highest BCUT2D eigenvalue weighted by Gasteiger charge is 2.12. The Bertz CT molecular complexity index is 490. The molecular weight excluding hydrogens is 265 g/mol. The minimum absolute atomic E-state index is 0.0654. The highest BCUT2D eigenvalue weighted by atomic mass is 35.5. The highest BCUT2D eigenvalue weighted by Crippen LogP contribution is 2.22. The Morgan fingerprint density at radius 3 is 2.65 bits per heavy atom. The van der Waals surface area contributed by atoms with E-state index < -0.39 is 21.7 Å². The first-order chi connectivity index (χ1) is 7.79. The van der Waals surface area contributed by atoms with Gasteiger partial charge in [-0.05, 0) is 25.0 Å². The van der Waals surface area contributed by atoms with E-state index in [0.717, 1.165) is 0 Å². The lowest BCUT2D eigenvalue weighted by Gasteiger charge is -2.12. The molecular formula is C11H15ClFNO2S. The standard InChI is InChI=1S/C11H15ClFNO2S/c1-17(15,16)6-2-3-11(14)9-5-4-8(12)7-10(9)13/h4-5,7,11H,2-3,6,14H2,1H3. The minimum atomic E-state index is -2.99. The maximum absolute atomic E-state index is 13.5. The van der Waals surface area contributed by atoms with Crippen LogP contribution in [0.15, 0.2) is 18.2 Å². The topological polar surface area (TPSA) is 60.2 Å². The molecule has 0 aliphatic heterocycles. The number of hydrogen-bond donors (Lipinski definition) is 1. The molecule has 3 nitrogen and oxygen atoms in total. The summed E-state index contributed by atoms with van der Waals surface area (Å²) in [5.41, 5.74) is 6.16. The molecule has 6 heteroatoms. The van der Waals surface area contributed by atoms with Gasteiger partial charge >= 0.3 is 0 Å². The Kier molecular flexibility index (Phi) is 4.91. The van der Waals surface area contributed by atoms with Gasteiger partial charge in [-0.25, -0.2) is 12.8 Å². The quantitative estimate of drug-likeness (QED) is 0.900. The first-order valence-electron chi connectivity index (χ1n) is 5.18. The third-order valence-corrected chi connectivity index (χ3v) is 3.66. The summed E-state index contributed by atoms with van der Waals surface area (Å²) in [5, 5.41) is 0.314. The summed E-state index contributed by atoms with van der Waals surface area (Å²) in [6, 6.07) is 3.79. The highest BCUT2D eigenvalue weighted by molar-refractivity contribution is 7.90. The van der Waals surface area contributed by atoms with Crippen LogP contribution in [-0.2, 0) is 9.84 Å². The monoisotopic (exact) mass is 279 g/mol. The normalized spacial score (nSPS) is 13.6. The van der Waals surface area contributed by atoms with Crippen LogP contribution in [-0.4, -0.2) is 20.4 Å². The van der Waals surface area contributed by atoms with Crippen molar-refractivity contribution in [2.45, 2.75) is 18.9 Å². The smallest absolute Gasteiger partial charge is 0.147 e. The van der Waals surface area contributed by atoms with Crippen molar-refractivity contribution in [1.29, 1.82) is 0 Å². The van der Waals surface area contributed by atoms with Gasteiger partial charge in [-0.1, -0.05) is 17.7 Å². The van der Waals surface area contributed by atoms with Gasteiger partial charge in [-0.15, -0.1) is 0 Å². The summed E-state index contributed by atoms with van der Waals surface area (Å²) in [6.07, 6.45) is 2.01. The summed E-state index contributed by atoms with van der Waals surface area (Å²) in [4.78, 5) is 0. The van der Waals surface area contributed by atoms with Gasteiger partial charge in [0.25, 0.3) is 0 Å². The van der Waals surface area contributed by atoms with Crippen molar-refractivity contribution in [2.75, 3.05) is 12.0 Å². The lowest BCUT2D eigenvalue weighted by molar-refractivity contribution is 0.555. The van der Waals surface area contributed by atoms with Crippen LogP contribution >= 0.6 is 11.6 Å². The Hall–Kier alpha value is -0.650. The Balaban J connectivity index is 2.61. The van der Waals surface area contributed by atoms with Crippen molar-refractivity contribution < 1.29 is 12.8 Å². The largest absolute Gasteiger partial charge is 0.324 e. The number of hydrogen-bond acceptors (Lipinski definition) is 3. The number of nitrogens with two attached hydrogens (primary N) is 1. The SMILES string of the molecule is CS(=O)(=O)CCCC(N)c1ccc(Cl)cc1F. The van der Waals surface area contributed by atoms with Crippen LogP contribution in [0, 0.1) is 5.82 Å². The number of benzene rings is 1. The van der Waals surface area contributed by atoms with Crippen molar-refractivity contribution in [3.63, 3.8) is 0 Å². The van der Waals surface area contributed by atoms with Crippen LogP contribution in [0.1, 0.15) is 24.4 Å². The zero-order valence-corrected chi connectivity index (χ0v) is 11.1. The van der Waals surface area contributed by atoms with Gasteiger partial charge in [0.15, 0.2) is 0 Å². The van der Waals surface area contributed by atoms with Gasteiger partial charge < -0.3 is 5.73 Å². The molecule has 0 radical (unpaired) electrons. The van der Waals surface area contributed by atoms with Crippen LogP contribution in [0.5, 0.6) is 0 Å². The van der Waals surface area contributed by atoms with Crippen LogP contribution in [0.25, 0.3) is 0 Å². The molecule has 0 saturated carbocycles. The second kappa shape index (κ2) is 5.80. The molecule has 0 aromatic heterocycles. The fourth-order valence-electron chi connectivity index (χ4n) is 1.52. The summed E-state index contributed by atoms with van der Waals surface area (Å²) >= 11 is 5.63. The maximum Gasteiger partial charge on any atom is 0.147 e.